The Morgan fingerprint density at radius 3 is 2.33 bits per heavy atom. The van der Waals surface area contributed by atoms with Crippen molar-refractivity contribution in [2.75, 3.05) is 19.5 Å². The van der Waals surface area contributed by atoms with Gasteiger partial charge >= 0.3 is 0 Å². The number of nitrogens with zero attached hydrogens (tertiary/aromatic N) is 1. The zero-order valence-electron chi connectivity index (χ0n) is 15.2. The molecular formula is C19H20ClN3O4. The maximum Gasteiger partial charge on any atom is 0.271 e. The number of ether oxygens (including phenoxy) is 2. The Morgan fingerprint density at radius 2 is 1.70 bits per heavy atom. The summed E-state index contributed by atoms with van der Waals surface area (Å²) in [6, 6.07) is 11.5. The molecule has 0 aliphatic heterocycles. The minimum atomic E-state index is -0.423. The molecule has 0 unspecified atom stereocenters. The molecule has 0 saturated heterocycles. The highest BCUT2D eigenvalue weighted by Crippen LogP contribution is 2.27. The van der Waals surface area contributed by atoms with Gasteiger partial charge in [0.15, 0.2) is 11.5 Å². The number of halogens is 1. The first-order valence-electron chi connectivity index (χ1n) is 8.04. The summed E-state index contributed by atoms with van der Waals surface area (Å²) in [5.74, 6) is 0.285. The number of hydrazone groups is 1. The topological polar surface area (TPSA) is 89.0 Å². The van der Waals surface area contributed by atoms with E-state index in [4.69, 9.17) is 21.1 Å². The summed E-state index contributed by atoms with van der Waals surface area (Å²) in [5, 5.41) is 7.27. The standard InChI is InChI=1S/C19H20ClN3O4/c1-12(10-18(24)21-15-7-5-14(20)6-8-15)22-23-19(25)13-4-9-16(26-2)17(11-13)27-3/h4-9,11H,10H2,1-3H3,(H,21,24)(H,23,25)/b22-12+. The molecule has 2 amide bonds. The SMILES string of the molecule is COc1ccc(C(=O)N/N=C(\C)CC(=O)Nc2ccc(Cl)cc2)cc1OC. The van der Waals surface area contributed by atoms with E-state index in [2.05, 4.69) is 15.8 Å². The molecule has 0 spiro atoms. The van der Waals surface area contributed by atoms with E-state index < -0.39 is 5.91 Å². The second-order valence-corrected chi connectivity index (χ2v) is 6.03. The van der Waals surface area contributed by atoms with Crippen LogP contribution in [0.2, 0.25) is 5.02 Å². The van der Waals surface area contributed by atoms with Gasteiger partial charge in [-0.25, -0.2) is 5.43 Å². The number of hydrogen-bond donors (Lipinski definition) is 2. The lowest BCUT2D eigenvalue weighted by atomic mass is 10.2. The summed E-state index contributed by atoms with van der Waals surface area (Å²) in [5.41, 5.74) is 3.86. The van der Waals surface area contributed by atoms with Crippen LogP contribution in [0.25, 0.3) is 0 Å². The average Bonchev–Trinajstić information content (AvgIpc) is 2.67. The Bertz CT molecular complexity index is 851. The molecule has 0 aliphatic carbocycles. The van der Waals surface area contributed by atoms with Crippen molar-refractivity contribution in [2.45, 2.75) is 13.3 Å². The number of benzene rings is 2. The average molecular weight is 390 g/mol. The van der Waals surface area contributed by atoms with Crippen molar-refractivity contribution in [3.63, 3.8) is 0 Å². The normalized spacial score (nSPS) is 10.9. The Morgan fingerprint density at radius 1 is 1.04 bits per heavy atom. The van der Waals surface area contributed by atoms with Gasteiger partial charge in [0.2, 0.25) is 5.91 Å². The Kier molecular flexibility index (Phi) is 7.19. The lowest BCUT2D eigenvalue weighted by Crippen LogP contribution is -2.21. The Balaban J connectivity index is 1.93. The van der Waals surface area contributed by atoms with Gasteiger partial charge < -0.3 is 14.8 Å². The van der Waals surface area contributed by atoms with E-state index in [1.165, 1.54) is 14.2 Å². The third-order valence-electron chi connectivity index (χ3n) is 3.54. The molecule has 2 rings (SSSR count). The Labute approximate surface area is 162 Å². The van der Waals surface area contributed by atoms with Gasteiger partial charge in [-0.3, -0.25) is 9.59 Å². The van der Waals surface area contributed by atoms with Crippen LogP contribution >= 0.6 is 11.6 Å². The fraction of sp³-hybridized carbons (Fsp3) is 0.211. The smallest absolute Gasteiger partial charge is 0.271 e. The molecule has 0 bridgehead atoms. The number of anilines is 1. The van der Waals surface area contributed by atoms with E-state index in [-0.39, 0.29) is 12.3 Å². The van der Waals surface area contributed by atoms with Crippen LogP contribution in [0.4, 0.5) is 5.69 Å². The molecule has 7 nitrogen and oxygen atoms in total. The number of carbonyl (C=O) groups is 2. The van der Waals surface area contributed by atoms with Gasteiger partial charge in [0.05, 0.1) is 20.6 Å². The molecule has 0 aliphatic rings. The second kappa shape index (κ2) is 9.59. The third-order valence-corrected chi connectivity index (χ3v) is 3.79. The van der Waals surface area contributed by atoms with E-state index >= 15 is 0 Å². The van der Waals surface area contributed by atoms with Gasteiger partial charge in [0, 0.05) is 22.0 Å². The molecule has 0 heterocycles. The summed E-state index contributed by atoms with van der Waals surface area (Å²) >= 11 is 5.80. The summed E-state index contributed by atoms with van der Waals surface area (Å²) in [6.07, 6.45) is 0.0365. The first-order chi connectivity index (χ1) is 12.9. The van der Waals surface area contributed by atoms with E-state index in [0.717, 1.165) is 0 Å². The molecule has 0 aromatic heterocycles. The van der Waals surface area contributed by atoms with E-state index in [1.54, 1.807) is 49.4 Å². The molecule has 2 aromatic carbocycles. The molecule has 8 heteroatoms. The summed E-state index contributed by atoms with van der Waals surface area (Å²) in [6.45, 7) is 1.65. The monoisotopic (exact) mass is 389 g/mol. The van der Waals surface area contributed by atoms with Crippen LogP contribution in [0.1, 0.15) is 23.7 Å². The maximum atomic E-state index is 12.2. The fourth-order valence-corrected chi connectivity index (χ4v) is 2.32. The van der Waals surface area contributed by atoms with Crippen molar-refractivity contribution >= 4 is 34.8 Å². The first kappa shape index (κ1) is 20.3. The van der Waals surface area contributed by atoms with Gasteiger partial charge in [-0.15, -0.1) is 0 Å². The quantitative estimate of drug-likeness (QED) is 0.560. The lowest BCUT2D eigenvalue weighted by molar-refractivity contribution is -0.115. The van der Waals surface area contributed by atoms with Gasteiger partial charge in [-0.2, -0.15) is 5.10 Å². The van der Waals surface area contributed by atoms with Crippen molar-refractivity contribution in [2.24, 2.45) is 5.10 Å². The van der Waals surface area contributed by atoms with Crippen LogP contribution in [0.5, 0.6) is 11.5 Å². The van der Waals surface area contributed by atoms with Crippen molar-refractivity contribution < 1.29 is 19.1 Å². The molecule has 27 heavy (non-hydrogen) atoms. The minimum Gasteiger partial charge on any atom is -0.493 e. The van der Waals surface area contributed by atoms with E-state index in [0.29, 0.717) is 33.5 Å². The zero-order chi connectivity index (χ0) is 19.8. The molecule has 0 fully saturated rings. The summed E-state index contributed by atoms with van der Waals surface area (Å²) in [7, 11) is 3.00. The van der Waals surface area contributed by atoms with Gasteiger partial charge in [-0.1, -0.05) is 11.6 Å². The zero-order valence-corrected chi connectivity index (χ0v) is 16.0. The number of carbonyl (C=O) groups excluding carboxylic acids is 2. The van der Waals surface area contributed by atoms with Crippen LogP contribution in [0.15, 0.2) is 47.6 Å². The lowest BCUT2D eigenvalue weighted by Gasteiger charge is -2.09. The van der Waals surface area contributed by atoms with Crippen molar-refractivity contribution in [3.8, 4) is 11.5 Å². The molecule has 0 radical (unpaired) electrons. The first-order valence-corrected chi connectivity index (χ1v) is 8.41. The van der Waals surface area contributed by atoms with Gasteiger partial charge in [-0.05, 0) is 49.4 Å². The third kappa shape index (κ3) is 6.00. The van der Waals surface area contributed by atoms with E-state index in [9.17, 15) is 9.59 Å². The fourth-order valence-electron chi connectivity index (χ4n) is 2.20. The highest BCUT2D eigenvalue weighted by atomic mass is 35.5. The molecular weight excluding hydrogens is 370 g/mol. The van der Waals surface area contributed by atoms with Crippen LogP contribution < -0.4 is 20.2 Å². The summed E-state index contributed by atoms with van der Waals surface area (Å²) < 4.78 is 10.3. The van der Waals surface area contributed by atoms with Crippen molar-refractivity contribution in [1.29, 1.82) is 0 Å². The van der Waals surface area contributed by atoms with Crippen molar-refractivity contribution in [1.82, 2.24) is 5.43 Å². The maximum absolute atomic E-state index is 12.2. The summed E-state index contributed by atoms with van der Waals surface area (Å²) in [4.78, 5) is 24.2. The predicted molar refractivity (Wildman–Crippen MR) is 105 cm³/mol. The van der Waals surface area contributed by atoms with Crippen LogP contribution in [0.3, 0.4) is 0 Å². The second-order valence-electron chi connectivity index (χ2n) is 5.59. The van der Waals surface area contributed by atoms with Crippen molar-refractivity contribution in [3.05, 3.63) is 53.1 Å². The largest absolute Gasteiger partial charge is 0.493 e. The van der Waals surface area contributed by atoms with Gasteiger partial charge in [0.1, 0.15) is 0 Å². The van der Waals surface area contributed by atoms with Crippen LogP contribution in [0, 0.1) is 0 Å². The van der Waals surface area contributed by atoms with Crippen LogP contribution in [-0.2, 0) is 4.79 Å². The van der Waals surface area contributed by atoms with Gasteiger partial charge in [0.25, 0.3) is 5.91 Å². The number of hydrogen-bond acceptors (Lipinski definition) is 5. The molecule has 0 saturated carbocycles. The molecule has 2 aromatic rings. The molecule has 0 atom stereocenters. The highest BCUT2D eigenvalue weighted by Gasteiger charge is 2.11. The number of nitrogens with one attached hydrogen (secondary N) is 2. The predicted octanol–water partition coefficient (Wildman–Crippen LogP) is 3.49. The molecule has 142 valence electrons. The van der Waals surface area contributed by atoms with E-state index in [1.807, 2.05) is 0 Å². The van der Waals surface area contributed by atoms with Crippen LogP contribution in [-0.4, -0.2) is 31.7 Å². The number of amides is 2. The number of rotatable bonds is 7. The highest BCUT2D eigenvalue weighted by molar-refractivity contribution is 6.30. The number of methoxy groups -OCH3 is 2. The molecule has 2 N–H and O–H groups in total. The Hall–Kier alpha value is -3.06. The minimum absolute atomic E-state index is 0.0365.